The summed E-state index contributed by atoms with van der Waals surface area (Å²) in [5.41, 5.74) is 0.780. The molecule has 2 heteroatoms. The number of fused-ring (bicyclic) bond motifs is 1. The second-order valence-electron chi connectivity index (χ2n) is 8.22. The number of nitrogens with zero attached hydrogens (tertiary/aromatic N) is 2. The van der Waals surface area contributed by atoms with Gasteiger partial charge in [-0.3, -0.25) is 9.80 Å². The normalized spacial score (nSPS) is 32.1. The van der Waals surface area contributed by atoms with Crippen molar-refractivity contribution >= 4 is 0 Å². The molecule has 2 aliphatic rings. The zero-order valence-corrected chi connectivity index (χ0v) is 12.6. The lowest BCUT2D eigenvalue weighted by Gasteiger charge is -2.35. The quantitative estimate of drug-likeness (QED) is 0.693. The predicted molar refractivity (Wildman–Crippen MR) is 74.2 cm³/mol. The molecule has 2 fully saturated rings. The summed E-state index contributed by atoms with van der Waals surface area (Å²) in [5, 5.41) is 0. The summed E-state index contributed by atoms with van der Waals surface area (Å²) in [6.45, 7) is 19.3. The molecule has 0 N–H and O–H groups in total. The number of likely N-dealkylation sites (tertiary alicyclic amines) is 2. The van der Waals surface area contributed by atoms with E-state index in [0.29, 0.717) is 11.0 Å². The average molecular weight is 238 g/mol. The summed E-state index contributed by atoms with van der Waals surface area (Å²) < 4.78 is 0. The molecule has 0 aromatic carbocycles. The number of hydrogen-bond acceptors (Lipinski definition) is 2. The van der Waals surface area contributed by atoms with E-state index in [1.165, 1.54) is 32.6 Å². The smallest absolute Gasteiger partial charge is 0.0264 e. The van der Waals surface area contributed by atoms with E-state index in [-0.39, 0.29) is 0 Å². The molecule has 0 bridgehead atoms. The van der Waals surface area contributed by atoms with Crippen LogP contribution < -0.4 is 0 Å². The maximum Gasteiger partial charge on any atom is 0.0264 e. The van der Waals surface area contributed by atoms with Crippen LogP contribution in [0.5, 0.6) is 0 Å². The van der Waals surface area contributed by atoms with Gasteiger partial charge in [0.15, 0.2) is 0 Å². The van der Waals surface area contributed by atoms with Gasteiger partial charge in [-0.05, 0) is 45.1 Å². The third-order valence-electron chi connectivity index (χ3n) is 4.29. The lowest BCUT2D eigenvalue weighted by molar-refractivity contribution is 0.128. The van der Waals surface area contributed by atoms with E-state index in [4.69, 9.17) is 0 Å². The van der Waals surface area contributed by atoms with E-state index in [2.05, 4.69) is 51.3 Å². The molecule has 0 aromatic rings. The molecule has 0 spiro atoms. The molecule has 0 amide bonds. The van der Waals surface area contributed by atoms with Gasteiger partial charge in [0.25, 0.3) is 0 Å². The van der Waals surface area contributed by atoms with Gasteiger partial charge >= 0.3 is 0 Å². The molecule has 2 heterocycles. The van der Waals surface area contributed by atoms with Crippen molar-refractivity contribution in [2.45, 2.75) is 59.5 Å². The first kappa shape index (κ1) is 13.4. The van der Waals surface area contributed by atoms with Crippen LogP contribution >= 0.6 is 0 Å². The van der Waals surface area contributed by atoms with E-state index in [1.54, 1.807) is 0 Å². The van der Waals surface area contributed by atoms with E-state index in [1.807, 2.05) is 0 Å². The van der Waals surface area contributed by atoms with Crippen molar-refractivity contribution < 1.29 is 0 Å². The number of rotatable bonds is 1. The van der Waals surface area contributed by atoms with Crippen LogP contribution in [0.15, 0.2) is 0 Å². The van der Waals surface area contributed by atoms with Gasteiger partial charge in [0.2, 0.25) is 0 Å². The minimum Gasteiger partial charge on any atom is -0.298 e. The zero-order valence-electron chi connectivity index (χ0n) is 12.6. The van der Waals surface area contributed by atoms with E-state index in [0.717, 1.165) is 12.0 Å². The topological polar surface area (TPSA) is 6.48 Å². The van der Waals surface area contributed by atoms with Crippen molar-refractivity contribution in [3.8, 4) is 0 Å². The second-order valence-corrected chi connectivity index (χ2v) is 8.22. The highest BCUT2D eigenvalue weighted by atomic mass is 15.3. The monoisotopic (exact) mass is 238 g/mol. The summed E-state index contributed by atoms with van der Waals surface area (Å²) in [6, 6.07) is 0.827. The van der Waals surface area contributed by atoms with Crippen molar-refractivity contribution in [3.05, 3.63) is 0 Å². The van der Waals surface area contributed by atoms with Gasteiger partial charge in [-0.15, -0.1) is 0 Å². The summed E-state index contributed by atoms with van der Waals surface area (Å²) in [5.74, 6) is 0.927. The Balaban J connectivity index is 1.99. The molecule has 2 atom stereocenters. The van der Waals surface area contributed by atoms with Gasteiger partial charge in [-0.1, -0.05) is 20.8 Å². The second kappa shape index (κ2) is 4.24. The lowest BCUT2D eigenvalue weighted by Crippen LogP contribution is -2.44. The Morgan fingerprint density at radius 1 is 1.00 bits per heavy atom. The predicted octanol–water partition coefficient (Wildman–Crippen LogP) is 2.84. The molecular formula is C15H30N2. The molecule has 100 valence electrons. The maximum atomic E-state index is 2.75. The van der Waals surface area contributed by atoms with Gasteiger partial charge in [0, 0.05) is 31.2 Å². The molecular weight excluding hydrogens is 208 g/mol. The van der Waals surface area contributed by atoms with Crippen LogP contribution in [-0.2, 0) is 0 Å². The minimum absolute atomic E-state index is 0.345. The highest BCUT2D eigenvalue weighted by Gasteiger charge is 2.44. The summed E-state index contributed by atoms with van der Waals surface area (Å²) in [4.78, 5) is 5.42. The third-order valence-corrected chi connectivity index (χ3v) is 4.29. The van der Waals surface area contributed by atoms with Gasteiger partial charge in [0.1, 0.15) is 0 Å². The molecule has 2 aliphatic heterocycles. The Labute approximate surface area is 107 Å². The molecule has 0 saturated carbocycles. The van der Waals surface area contributed by atoms with Crippen molar-refractivity contribution in [2.75, 3.05) is 26.2 Å². The fraction of sp³-hybridized carbons (Fsp3) is 1.00. The van der Waals surface area contributed by atoms with Crippen LogP contribution in [0.4, 0.5) is 0 Å². The van der Waals surface area contributed by atoms with E-state index in [9.17, 15) is 0 Å². The van der Waals surface area contributed by atoms with Crippen LogP contribution in [0, 0.1) is 11.3 Å². The molecule has 2 unspecified atom stereocenters. The Hall–Kier alpha value is -0.0800. The van der Waals surface area contributed by atoms with Crippen molar-refractivity contribution in [3.63, 3.8) is 0 Å². The molecule has 0 aliphatic carbocycles. The van der Waals surface area contributed by atoms with Gasteiger partial charge < -0.3 is 0 Å². The summed E-state index contributed by atoms with van der Waals surface area (Å²) in [6.07, 6.45) is 1.41. The first-order valence-corrected chi connectivity index (χ1v) is 7.16. The highest BCUT2D eigenvalue weighted by Crippen LogP contribution is 2.36. The van der Waals surface area contributed by atoms with Crippen molar-refractivity contribution in [1.29, 1.82) is 0 Å². The maximum absolute atomic E-state index is 2.75. The first-order valence-electron chi connectivity index (χ1n) is 7.16. The Kier molecular flexibility index (Phi) is 3.33. The largest absolute Gasteiger partial charge is 0.298 e. The Morgan fingerprint density at radius 2 is 1.65 bits per heavy atom. The zero-order chi connectivity index (χ0) is 12.8. The van der Waals surface area contributed by atoms with Gasteiger partial charge in [-0.25, -0.2) is 0 Å². The first-order chi connectivity index (χ1) is 7.67. The average Bonchev–Trinajstić information content (AvgIpc) is 2.63. The van der Waals surface area contributed by atoms with Crippen LogP contribution in [0.2, 0.25) is 0 Å². The number of hydrogen-bond donors (Lipinski definition) is 0. The molecule has 2 rings (SSSR count). The standard InChI is InChI=1S/C15H30N2/c1-14(2,3)11-16-8-7-12-9-17(10-13(12)16)15(4,5)6/h12-13H,7-11H2,1-6H3. The van der Waals surface area contributed by atoms with Crippen LogP contribution in [0.3, 0.4) is 0 Å². The van der Waals surface area contributed by atoms with E-state index < -0.39 is 0 Å². The third kappa shape index (κ3) is 3.03. The summed E-state index contributed by atoms with van der Waals surface area (Å²) in [7, 11) is 0. The Bertz CT molecular complexity index is 272. The van der Waals surface area contributed by atoms with Crippen LogP contribution in [0.25, 0.3) is 0 Å². The van der Waals surface area contributed by atoms with Crippen molar-refractivity contribution in [1.82, 2.24) is 9.80 Å². The molecule has 0 aromatic heterocycles. The SMILES string of the molecule is CC(C)(C)CN1CCC2CN(C(C)(C)C)CC21. The molecule has 0 radical (unpaired) electrons. The van der Waals surface area contributed by atoms with Gasteiger partial charge in [-0.2, -0.15) is 0 Å². The van der Waals surface area contributed by atoms with Crippen LogP contribution in [-0.4, -0.2) is 47.6 Å². The summed E-state index contributed by atoms with van der Waals surface area (Å²) >= 11 is 0. The van der Waals surface area contributed by atoms with E-state index >= 15 is 0 Å². The minimum atomic E-state index is 0.345. The fourth-order valence-electron chi connectivity index (χ4n) is 3.40. The molecule has 2 saturated heterocycles. The molecule has 17 heavy (non-hydrogen) atoms. The van der Waals surface area contributed by atoms with Crippen LogP contribution in [0.1, 0.15) is 48.0 Å². The van der Waals surface area contributed by atoms with Crippen molar-refractivity contribution in [2.24, 2.45) is 11.3 Å². The fourth-order valence-corrected chi connectivity index (χ4v) is 3.40. The highest BCUT2D eigenvalue weighted by molar-refractivity contribution is 4.99. The van der Waals surface area contributed by atoms with Gasteiger partial charge in [0.05, 0.1) is 0 Å². The molecule has 2 nitrogen and oxygen atoms in total. The Morgan fingerprint density at radius 3 is 2.18 bits per heavy atom. The lowest BCUT2D eigenvalue weighted by atomic mass is 9.95.